The molecule has 3 aromatic rings. The van der Waals surface area contributed by atoms with Gasteiger partial charge in [0.1, 0.15) is 0 Å². The van der Waals surface area contributed by atoms with Crippen molar-refractivity contribution in [3.63, 3.8) is 0 Å². The summed E-state index contributed by atoms with van der Waals surface area (Å²) in [7, 11) is 1.87. The molecular formula is C31H39N7O3. The third kappa shape index (κ3) is 7.58. The number of fused-ring (bicyclic) bond motifs is 1. The number of carbonyl (C=O) groups is 3. The number of benzene rings is 1. The quantitative estimate of drug-likeness (QED) is 0.496. The second-order valence-electron chi connectivity index (χ2n) is 10.9. The predicted molar refractivity (Wildman–Crippen MR) is 155 cm³/mol. The zero-order valence-electron chi connectivity index (χ0n) is 23.7. The van der Waals surface area contributed by atoms with Gasteiger partial charge >= 0.3 is 0 Å². The van der Waals surface area contributed by atoms with Gasteiger partial charge in [-0.2, -0.15) is 5.10 Å². The molecule has 2 aliphatic rings. The highest BCUT2D eigenvalue weighted by Gasteiger charge is 2.30. The van der Waals surface area contributed by atoms with Gasteiger partial charge in [0.05, 0.1) is 12.2 Å². The first kappa shape index (κ1) is 28.5. The van der Waals surface area contributed by atoms with Crippen molar-refractivity contribution in [1.29, 1.82) is 0 Å². The summed E-state index contributed by atoms with van der Waals surface area (Å²) >= 11 is 0. The summed E-state index contributed by atoms with van der Waals surface area (Å²) in [6.45, 7) is 2.85. The molecule has 0 fully saturated rings. The van der Waals surface area contributed by atoms with Crippen molar-refractivity contribution in [2.75, 3.05) is 32.7 Å². The zero-order chi connectivity index (χ0) is 28.6. The van der Waals surface area contributed by atoms with Gasteiger partial charge in [-0.05, 0) is 56.3 Å². The first-order valence-corrected chi connectivity index (χ1v) is 14.5. The number of hydrogen-bond donors (Lipinski definition) is 2. The molecule has 3 amide bonds. The van der Waals surface area contributed by atoms with Gasteiger partial charge in [0.25, 0.3) is 5.91 Å². The number of nitrogens with zero attached hydrogens (tertiary/aromatic N) is 5. The second kappa shape index (κ2) is 13.5. The van der Waals surface area contributed by atoms with Gasteiger partial charge in [-0.3, -0.25) is 28.9 Å². The van der Waals surface area contributed by atoms with Crippen LogP contribution in [0.5, 0.6) is 0 Å². The standard InChI is InChI=1S/C31H39N7O3/c1-36-27-13-12-24-20-26(27)30(35-36)31(41)33-16-19-37(21-25-10-5-6-15-32-25)17-7-11-29(40)38(22-28(39)34-24)18-14-23-8-3-2-4-9-23/h2-6,8-10,15,24H,7,11-14,16-22H2,1H3,(H,33,41)(H,34,39). The van der Waals surface area contributed by atoms with Crippen molar-refractivity contribution in [2.24, 2.45) is 7.05 Å². The molecule has 3 heterocycles. The van der Waals surface area contributed by atoms with Crippen molar-refractivity contribution in [3.05, 3.63) is 82.9 Å². The van der Waals surface area contributed by atoms with Crippen LogP contribution in [0.1, 0.15) is 52.3 Å². The van der Waals surface area contributed by atoms with Crippen LogP contribution in [0.15, 0.2) is 54.7 Å². The Hall–Kier alpha value is -4.05. The highest BCUT2D eigenvalue weighted by Crippen LogP contribution is 2.24. The van der Waals surface area contributed by atoms with Gasteiger partial charge in [-0.25, -0.2) is 0 Å². The lowest BCUT2D eigenvalue weighted by Crippen LogP contribution is -2.46. The Morgan fingerprint density at radius 2 is 1.83 bits per heavy atom. The predicted octanol–water partition coefficient (Wildman–Crippen LogP) is 1.89. The number of amides is 3. The average Bonchev–Trinajstić information content (AvgIpc) is 3.31. The first-order chi connectivity index (χ1) is 20.0. The Kier molecular flexibility index (Phi) is 9.40. The number of carbonyl (C=O) groups excluding carboxylic acids is 3. The Labute approximate surface area is 241 Å². The lowest BCUT2D eigenvalue weighted by atomic mass is 9.91. The second-order valence-corrected chi connectivity index (χ2v) is 10.9. The van der Waals surface area contributed by atoms with Gasteiger partial charge in [0.2, 0.25) is 11.8 Å². The number of aryl methyl sites for hydroxylation is 1. The molecule has 0 spiro atoms. The van der Waals surface area contributed by atoms with Gasteiger partial charge in [0, 0.05) is 63.1 Å². The smallest absolute Gasteiger partial charge is 0.272 e. The largest absolute Gasteiger partial charge is 0.351 e. The highest BCUT2D eigenvalue weighted by molar-refractivity contribution is 5.94. The van der Waals surface area contributed by atoms with Crippen LogP contribution in [0.4, 0.5) is 0 Å². The summed E-state index contributed by atoms with van der Waals surface area (Å²) in [5.41, 5.74) is 4.43. The maximum absolute atomic E-state index is 13.4. The Morgan fingerprint density at radius 1 is 1.00 bits per heavy atom. The molecule has 216 valence electrons. The molecule has 1 atom stereocenters. The van der Waals surface area contributed by atoms with Gasteiger partial charge < -0.3 is 15.5 Å². The lowest BCUT2D eigenvalue weighted by Gasteiger charge is -2.27. The summed E-state index contributed by atoms with van der Waals surface area (Å²) in [5, 5.41) is 10.7. The van der Waals surface area contributed by atoms with E-state index in [0.717, 1.165) is 35.4 Å². The molecule has 0 radical (unpaired) electrons. The minimum Gasteiger partial charge on any atom is -0.351 e. The van der Waals surface area contributed by atoms with Crippen molar-refractivity contribution in [3.8, 4) is 0 Å². The summed E-state index contributed by atoms with van der Waals surface area (Å²) in [4.78, 5) is 48.2. The first-order valence-electron chi connectivity index (χ1n) is 14.5. The van der Waals surface area contributed by atoms with Crippen LogP contribution < -0.4 is 10.6 Å². The molecule has 0 saturated heterocycles. The van der Waals surface area contributed by atoms with E-state index in [9.17, 15) is 14.4 Å². The minimum absolute atomic E-state index is 0.0209. The number of pyridine rings is 1. The lowest BCUT2D eigenvalue weighted by molar-refractivity contribution is -0.136. The summed E-state index contributed by atoms with van der Waals surface area (Å²) in [5.74, 6) is -0.388. The molecule has 2 bridgehead atoms. The maximum Gasteiger partial charge on any atom is 0.272 e. The molecule has 1 aromatic carbocycles. The molecule has 10 heteroatoms. The van der Waals surface area contributed by atoms with Crippen molar-refractivity contribution >= 4 is 17.7 Å². The third-order valence-electron chi connectivity index (χ3n) is 7.93. The summed E-state index contributed by atoms with van der Waals surface area (Å²) in [6.07, 6.45) is 5.47. The highest BCUT2D eigenvalue weighted by atomic mass is 16.2. The van der Waals surface area contributed by atoms with Crippen molar-refractivity contribution in [2.45, 2.75) is 51.1 Å². The van der Waals surface area contributed by atoms with Crippen LogP contribution >= 0.6 is 0 Å². The summed E-state index contributed by atoms with van der Waals surface area (Å²) < 4.78 is 1.79. The molecule has 5 rings (SSSR count). The molecule has 1 aliphatic carbocycles. The third-order valence-corrected chi connectivity index (χ3v) is 7.93. The van der Waals surface area contributed by atoms with Crippen LogP contribution in [0, 0.1) is 0 Å². The average molecular weight is 558 g/mol. The molecule has 2 aromatic heterocycles. The van der Waals surface area contributed by atoms with Crippen molar-refractivity contribution < 1.29 is 14.4 Å². The maximum atomic E-state index is 13.4. The normalized spacial score (nSPS) is 19.4. The van der Waals surface area contributed by atoms with E-state index in [-0.39, 0.29) is 30.3 Å². The van der Waals surface area contributed by atoms with E-state index in [1.54, 1.807) is 15.8 Å². The number of rotatable bonds is 5. The van der Waals surface area contributed by atoms with Gasteiger partial charge in [0.15, 0.2) is 5.69 Å². The van der Waals surface area contributed by atoms with E-state index in [1.165, 1.54) is 0 Å². The minimum atomic E-state index is -0.196. The van der Waals surface area contributed by atoms with Crippen molar-refractivity contribution in [1.82, 2.24) is 35.2 Å². The van der Waals surface area contributed by atoms with Gasteiger partial charge in [-0.15, -0.1) is 0 Å². The van der Waals surface area contributed by atoms with Crippen LogP contribution in [-0.2, 0) is 42.4 Å². The van der Waals surface area contributed by atoms with Crippen LogP contribution in [0.25, 0.3) is 0 Å². The fourth-order valence-corrected chi connectivity index (χ4v) is 5.76. The van der Waals surface area contributed by atoms with E-state index in [0.29, 0.717) is 64.1 Å². The Bertz CT molecular complexity index is 1340. The molecule has 0 saturated carbocycles. The topological polar surface area (TPSA) is 112 Å². The molecule has 1 aliphatic heterocycles. The Morgan fingerprint density at radius 3 is 2.63 bits per heavy atom. The number of aromatic nitrogens is 3. The van der Waals surface area contributed by atoms with E-state index >= 15 is 0 Å². The molecule has 41 heavy (non-hydrogen) atoms. The van der Waals surface area contributed by atoms with E-state index in [2.05, 4.69) is 25.6 Å². The van der Waals surface area contributed by atoms with Crippen LogP contribution in [0.2, 0.25) is 0 Å². The van der Waals surface area contributed by atoms with E-state index in [4.69, 9.17) is 0 Å². The fraction of sp³-hybridized carbons (Fsp3) is 0.452. The van der Waals surface area contributed by atoms with Crippen LogP contribution in [0.3, 0.4) is 0 Å². The summed E-state index contributed by atoms with van der Waals surface area (Å²) in [6, 6.07) is 15.7. The van der Waals surface area contributed by atoms with E-state index < -0.39 is 0 Å². The number of nitrogens with one attached hydrogen (secondary N) is 2. The number of hydrogen-bond acceptors (Lipinski definition) is 6. The molecule has 10 nitrogen and oxygen atoms in total. The molecular weight excluding hydrogens is 518 g/mol. The van der Waals surface area contributed by atoms with Crippen LogP contribution in [-0.4, -0.2) is 81.1 Å². The van der Waals surface area contributed by atoms with Gasteiger partial charge in [-0.1, -0.05) is 36.4 Å². The SMILES string of the molecule is Cn1nc2c3c1CCC(C3)NC(=O)CN(CCc1ccccc1)C(=O)CCCN(Cc1ccccn1)CCNC2=O. The molecule has 2 N–H and O–H groups in total. The monoisotopic (exact) mass is 557 g/mol. The Balaban J connectivity index is 1.35. The zero-order valence-corrected chi connectivity index (χ0v) is 23.7. The fourth-order valence-electron chi connectivity index (χ4n) is 5.76. The molecule has 1 unspecified atom stereocenters. The van der Waals surface area contributed by atoms with E-state index in [1.807, 2.05) is 55.6 Å².